The van der Waals surface area contributed by atoms with Gasteiger partial charge >= 0.3 is 6.09 Å². The number of hydrogen-bond acceptors (Lipinski definition) is 4. The van der Waals surface area contributed by atoms with E-state index in [1.165, 1.54) is 19.6 Å². The molecule has 1 aliphatic carbocycles. The highest BCUT2D eigenvalue weighted by atomic mass is 16.6. The van der Waals surface area contributed by atoms with Crippen LogP contribution in [-0.4, -0.2) is 25.2 Å². The van der Waals surface area contributed by atoms with Crippen molar-refractivity contribution in [1.82, 2.24) is 5.32 Å². The molecule has 0 saturated heterocycles. The summed E-state index contributed by atoms with van der Waals surface area (Å²) in [4.78, 5) is 23.7. The summed E-state index contributed by atoms with van der Waals surface area (Å²) in [6, 6.07) is 6.91. The zero-order valence-corrected chi connectivity index (χ0v) is 14.1. The van der Waals surface area contributed by atoms with Gasteiger partial charge in [0.1, 0.15) is 5.75 Å². The Kier molecular flexibility index (Phi) is 6.66. The topological polar surface area (TPSA) is 76.7 Å². The summed E-state index contributed by atoms with van der Waals surface area (Å²) in [5, 5.41) is 5.58. The summed E-state index contributed by atoms with van der Waals surface area (Å²) in [6.45, 7) is 1.69. The Balaban J connectivity index is 1.89. The number of benzene rings is 1. The van der Waals surface area contributed by atoms with E-state index in [-0.39, 0.29) is 11.9 Å². The zero-order valence-electron chi connectivity index (χ0n) is 14.1. The van der Waals surface area contributed by atoms with Crippen molar-refractivity contribution in [3.05, 3.63) is 36.1 Å². The first-order valence-corrected chi connectivity index (χ1v) is 8.18. The van der Waals surface area contributed by atoms with Gasteiger partial charge in [-0.05, 0) is 31.9 Å². The van der Waals surface area contributed by atoms with Crippen LogP contribution in [0.5, 0.6) is 5.75 Å². The van der Waals surface area contributed by atoms with Gasteiger partial charge in [0, 0.05) is 23.9 Å². The minimum Gasteiger partial charge on any atom is -0.501 e. The predicted octanol–water partition coefficient (Wildman–Crippen LogP) is 3.60. The van der Waals surface area contributed by atoms with Gasteiger partial charge in [-0.1, -0.05) is 25.3 Å². The second-order valence-corrected chi connectivity index (χ2v) is 5.84. The van der Waals surface area contributed by atoms with Crippen LogP contribution >= 0.6 is 0 Å². The second kappa shape index (κ2) is 8.96. The molecule has 0 spiro atoms. The molecule has 24 heavy (non-hydrogen) atoms. The van der Waals surface area contributed by atoms with Crippen molar-refractivity contribution >= 4 is 17.7 Å². The standard InChI is InChI=1S/C18H24N2O4/c1-13(23-2)11-17(21)19-15-9-6-10-16(12-15)24-18(22)20-14-7-4-3-5-8-14/h6,9-12,14H,3-5,7-8H2,1-2H3,(H,19,21)(H,20,22). The van der Waals surface area contributed by atoms with E-state index in [0.29, 0.717) is 17.2 Å². The molecule has 0 heterocycles. The Hall–Kier alpha value is -2.50. The molecule has 6 heteroatoms. The van der Waals surface area contributed by atoms with Crippen LogP contribution in [0.15, 0.2) is 36.1 Å². The maximum absolute atomic E-state index is 12.0. The number of ether oxygens (including phenoxy) is 2. The molecule has 0 atom stereocenters. The minimum absolute atomic E-state index is 0.191. The quantitative estimate of drug-likeness (QED) is 0.638. The molecule has 0 radical (unpaired) electrons. The van der Waals surface area contributed by atoms with Crippen LogP contribution in [0.1, 0.15) is 39.0 Å². The summed E-state index contributed by atoms with van der Waals surface area (Å²) in [7, 11) is 1.50. The Morgan fingerprint density at radius 3 is 2.67 bits per heavy atom. The van der Waals surface area contributed by atoms with Gasteiger partial charge in [0.15, 0.2) is 0 Å². The molecule has 1 aromatic rings. The number of allylic oxidation sites excluding steroid dienone is 1. The van der Waals surface area contributed by atoms with E-state index in [2.05, 4.69) is 10.6 Å². The number of hydrogen-bond donors (Lipinski definition) is 2. The van der Waals surface area contributed by atoms with Crippen molar-refractivity contribution in [3.63, 3.8) is 0 Å². The fraction of sp³-hybridized carbons (Fsp3) is 0.444. The molecular weight excluding hydrogens is 308 g/mol. The number of methoxy groups -OCH3 is 1. The number of amides is 2. The van der Waals surface area contributed by atoms with Crippen LogP contribution in [0.3, 0.4) is 0 Å². The Morgan fingerprint density at radius 2 is 1.96 bits per heavy atom. The van der Waals surface area contributed by atoms with E-state index in [4.69, 9.17) is 9.47 Å². The third-order valence-electron chi connectivity index (χ3n) is 3.90. The molecular formula is C18H24N2O4. The fourth-order valence-corrected chi connectivity index (χ4v) is 2.61. The van der Waals surface area contributed by atoms with Crippen molar-refractivity contribution in [2.24, 2.45) is 0 Å². The van der Waals surface area contributed by atoms with Crippen LogP contribution in [0.2, 0.25) is 0 Å². The maximum atomic E-state index is 12.0. The normalized spacial score (nSPS) is 15.5. The zero-order chi connectivity index (χ0) is 17.4. The van der Waals surface area contributed by atoms with Crippen LogP contribution < -0.4 is 15.4 Å². The first kappa shape index (κ1) is 17.8. The van der Waals surface area contributed by atoms with Crippen LogP contribution in [0.25, 0.3) is 0 Å². The van der Waals surface area contributed by atoms with E-state index >= 15 is 0 Å². The van der Waals surface area contributed by atoms with Gasteiger partial charge in [-0.2, -0.15) is 0 Å². The van der Waals surface area contributed by atoms with Crippen molar-refractivity contribution in [3.8, 4) is 5.75 Å². The molecule has 6 nitrogen and oxygen atoms in total. The summed E-state index contributed by atoms with van der Waals surface area (Å²) in [5.41, 5.74) is 0.545. The Morgan fingerprint density at radius 1 is 1.21 bits per heavy atom. The Labute approximate surface area is 142 Å². The third kappa shape index (κ3) is 5.95. The molecule has 0 unspecified atom stereocenters. The van der Waals surface area contributed by atoms with Gasteiger partial charge in [-0.3, -0.25) is 4.79 Å². The number of anilines is 1. The molecule has 0 bridgehead atoms. The second-order valence-electron chi connectivity index (χ2n) is 5.84. The average molecular weight is 332 g/mol. The fourth-order valence-electron chi connectivity index (χ4n) is 2.61. The summed E-state index contributed by atoms with van der Waals surface area (Å²) in [6.07, 6.45) is 6.39. The van der Waals surface area contributed by atoms with Gasteiger partial charge in [0.25, 0.3) is 5.91 Å². The molecule has 0 aliphatic heterocycles. The van der Waals surface area contributed by atoms with Crippen molar-refractivity contribution in [2.75, 3.05) is 12.4 Å². The maximum Gasteiger partial charge on any atom is 0.412 e. The van der Waals surface area contributed by atoms with Gasteiger partial charge < -0.3 is 20.1 Å². The van der Waals surface area contributed by atoms with E-state index in [0.717, 1.165) is 25.7 Å². The molecule has 1 aromatic carbocycles. The molecule has 130 valence electrons. The van der Waals surface area contributed by atoms with Crippen LogP contribution in [0.4, 0.5) is 10.5 Å². The van der Waals surface area contributed by atoms with E-state index in [9.17, 15) is 9.59 Å². The number of carbonyl (C=O) groups excluding carboxylic acids is 2. The van der Waals surface area contributed by atoms with E-state index in [1.807, 2.05) is 0 Å². The number of carbonyl (C=O) groups is 2. The molecule has 2 amide bonds. The number of rotatable bonds is 5. The molecule has 1 aliphatic rings. The third-order valence-corrected chi connectivity index (χ3v) is 3.90. The first-order chi connectivity index (χ1) is 11.6. The smallest absolute Gasteiger partial charge is 0.412 e. The van der Waals surface area contributed by atoms with E-state index < -0.39 is 6.09 Å². The lowest BCUT2D eigenvalue weighted by atomic mass is 9.96. The lowest BCUT2D eigenvalue weighted by Crippen LogP contribution is -2.38. The largest absolute Gasteiger partial charge is 0.501 e. The minimum atomic E-state index is -0.458. The Bertz CT molecular complexity index is 607. The van der Waals surface area contributed by atoms with Crippen molar-refractivity contribution in [2.45, 2.75) is 45.1 Å². The molecule has 1 saturated carbocycles. The molecule has 2 N–H and O–H groups in total. The molecule has 1 fully saturated rings. The highest BCUT2D eigenvalue weighted by molar-refractivity contribution is 5.99. The summed E-state index contributed by atoms with van der Waals surface area (Å²) < 4.78 is 10.2. The van der Waals surface area contributed by atoms with Gasteiger partial charge in [0.2, 0.25) is 0 Å². The summed E-state index contributed by atoms with van der Waals surface area (Å²) in [5.74, 6) is 0.582. The van der Waals surface area contributed by atoms with Crippen molar-refractivity contribution in [1.29, 1.82) is 0 Å². The monoisotopic (exact) mass is 332 g/mol. The first-order valence-electron chi connectivity index (χ1n) is 8.18. The average Bonchev–Trinajstić information content (AvgIpc) is 2.55. The lowest BCUT2D eigenvalue weighted by molar-refractivity contribution is -0.112. The molecule has 0 aromatic heterocycles. The van der Waals surface area contributed by atoms with Gasteiger partial charge in [-0.25, -0.2) is 4.79 Å². The van der Waals surface area contributed by atoms with Crippen LogP contribution in [0, 0.1) is 0 Å². The highest BCUT2D eigenvalue weighted by Crippen LogP contribution is 2.20. The van der Waals surface area contributed by atoms with Crippen molar-refractivity contribution < 1.29 is 19.1 Å². The molecule has 2 rings (SSSR count). The summed E-state index contributed by atoms with van der Waals surface area (Å²) >= 11 is 0. The van der Waals surface area contributed by atoms with E-state index in [1.54, 1.807) is 31.2 Å². The van der Waals surface area contributed by atoms with Gasteiger partial charge in [-0.15, -0.1) is 0 Å². The van der Waals surface area contributed by atoms with Crippen LogP contribution in [-0.2, 0) is 9.53 Å². The van der Waals surface area contributed by atoms with Gasteiger partial charge in [0.05, 0.1) is 12.9 Å². The lowest BCUT2D eigenvalue weighted by Gasteiger charge is -2.22. The SMILES string of the molecule is COC(C)=CC(=O)Nc1cccc(OC(=O)NC2CCCCC2)c1. The number of nitrogens with one attached hydrogen (secondary N) is 2. The predicted molar refractivity (Wildman–Crippen MR) is 91.9 cm³/mol. The highest BCUT2D eigenvalue weighted by Gasteiger charge is 2.16.